The molecule has 2 aromatic rings. The standard InChI is InChI=1S/C14H12ClN3O3/c15-10-3-6-13(16)12(7-10)14(19)17-8-9-1-4-11(5-2-9)18(20)21/h1-7H,8,16H2,(H,17,19). The molecule has 0 spiro atoms. The Morgan fingerprint density at radius 2 is 1.90 bits per heavy atom. The predicted molar refractivity (Wildman–Crippen MR) is 80.1 cm³/mol. The average Bonchev–Trinajstić information content (AvgIpc) is 2.47. The van der Waals surface area contributed by atoms with Crippen molar-refractivity contribution in [2.45, 2.75) is 6.54 Å². The molecule has 0 atom stereocenters. The number of rotatable bonds is 4. The second kappa shape index (κ2) is 6.23. The van der Waals surface area contributed by atoms with Crippen LogP contribution >= 0.6 is 11.6 Å². The van der Waals surface area contributed by atoms with Crippen LogP contribution in [0.4, 0.5) is 11.4 Å². The van der Waals surface area contributed by atoms with Crippen molar-refractivity contribution in [1.82, 2.24) is 5.32 Å². The third-order valence-corrected chi connectivity index (χ3v) is 3.10. The lowest BCUT2D eigenvalue weighted by Gasteiger charge is -2.08. The summed E-state index contributed by atoms with van der Waals surface area (Å²) in [5.41, 5.74) is 7.10. The van der Waals surface area contributed by atoms with Gasteiger partial charge < -0.3 is 11.1 Å². The van der Waals surface area contributed by atoms with E-state index in [-0.39, 0.29) is 18.1 Å². The molecule has 7 heteroatoms. The second-order valence-electron chi connectivity index (χ2n) is 4.34. The summed E-state index contributed by atoms with van der Waals surface area (Å²) in [5.74, 6) is -0.353. The average molecular weight is 306 g/mol. The van der Waals surface area contributed by atoms with Gasteiger partial charge in [-0.2, -0.15) is 0 Å². The molecular weight excluding hydrogens is 294 g/mol. The van der Waals surface area contributed by atoms with Crippen LogP contribution < -0.4 is 11.1 Å². The van der Waals surface area contributed by atoms with Gasteiger partial charge in [0, 0.05) is 29.4 Å². The van der Waals surface area contributed by atoms with Gasteiger partial charge >= 0.3 is 0 Å². The number of anilines is 1. The molecule has 0 fully saturated rings. The number of halogens is 1. The number of nitrogens with two attached hydrogens (primary N) is 1. The van der Waals surface area contributed by atoms with Crippen LogP contribution in [0.25, 0.3) is 0 Å². The van der Waals surface area contributed by atoms with Crippen molar-refractivity contribution >= 4 is 28.9 Å². The SMILES string of the molecule is Nc1ccc(Cl)cc1C(=O)NCc1ccc([N+](=O)[O-])cc1. The maximum absolute atomic E-state index is 12.0. The number of benzene rings is 2. The molecule has 0 heterocycles. The summed E-state index contributed by atoms with van der Waals surface area (Å²) in [6.45, 7) is 0.239. The Kier molecular flexibility index (Phi) is 4.39. The van der Waals surface area contributed by atoms with Gasteiger partial charge in [0.15, 0.2) is 0 Å². The van der Waals surface area contributed by atoms with Crippen molar-refractivity contribution in [2.75, 3.05) is 5.73 Å². The second-order valence-corrected chi connectivity index (χ2v) is 4.77. The van der Waals surface area contributed by atoms with Gasteiger partial charge in [0.2, 0.25) is 0 Å². The molecule has 2 aromatic carbocycles. The quantitative estimate of drug-likeness (QED) is 0.515. The Bertz CT molecular complexity index is 686. The van der Waals surface area contributed by atoms with Crippen LogP contribution in [-0.4, -0.2) is 10.8 Å². The van der Waals surface area contributed by atoms with E-state index >= 15 is 0 Å². The Labute approximate surface area is 125 Å². The van der Waals surface area contributed by atoms with Crippen molar-refractivity contribution in [2.24, 2.45) is 0 Å². The molecule has 0 aliphatic heterocycles. The first kappa shape index (κ1) is 14.8. The molecule has 0 saturated carbocycles. The van der Waals surface area contributed by atoms with E-state index in [9.17, 15) is 14.9 Å². The van der Waals surface area contributed by atoms with Crippen molar-refractivity contribution < 1.29 is 9.72 Å². The van der Waals surface area contributed by atoms with E-state index in [2.05, 4.69) is 5.32 Å². The monoisotopic (exact) mass is 305 g/mol. The minimum Gasteiger partial charge on any atom is -0.398 e. The topological polar surface area (TPSA) is 98.3 Å². The molecule has 0 radical (unpaired) electrons. The van der Waals surface area contributed by atoms with Crippen LogP contribution in [0, 0.1) is 10.1 Å². The van der Waals surface area contributed by atoms with Crippen LogP contribution in [0.15, 0.2) is 42.5 Å². The number of hydrogen-bond acceptors (Lipinski definition) is 4. The number of nitrogens with zero attached hydrogens (tertiary/aromatic N) is 1. The third kappa shape index (κ3) is 3.70. The molecule has 21 heavy (non-hydrogen) atoms. The van der Waals surface area contributed by atoms with E-state index in [0.717, 1.165) is 5.56 Å². The third-order valence-electron chi connectivity index (χ3n) is 2.86. The van der Waals surface area contributed by atoms with Crippen molar-refractivity contribution in [1.29, 1.82) is 0 Å². The first-order valence-electron chi connectivity index (χ1n) is 6.04. The number of nitrogens with one attached hydrogen (secondary N) is 1. The molecule has 0 aromatic heterocycles. The van der Waals surface area contributed by atoms with Crippen LogP contribution in [0.5, 0.6) is 0 Å². The van der Waals surface area contributed by atoms with Gasteiger partial charge in [-0.25, -0.2) is 0 Å². The fourth-order valence-electron chi connectivity index (χ4n) is 1.74. The fraction of sp³-hybridized carbons (Fsp3) is 0.0714. The van der Waals surface area contributed by atoms with Crippen molar-refractivity contribution in [3.8, 4) is 0 Å². The number of non-ortho nitro benzene ring substituents is 1. The maximum Gasteiger partial charge on any atom is 0.269 e. The zero-order valence-corrected chi connectivity index (χ0v) is 11.6. The number of nitro groups is 1. The van der Waals surface area contributed by atoms with Crippen LogP contribution in [0.2, 0.25) is 5.02 Å². The summed E-state index contributed by atoms with van der Waals surface area (Å²) in [5, 5.41) is 13.6. The smallest absolute Gasteiger partial charge is 0.269 e. The van der Waals surface area contributed by atoms with Gasteiger partial charge in [-0.15, -0.1) is 0 Å². The first-order chi connectivity index (χ1) is 9.97. The molecule has 0 aliphatic rings. The van der Waals surface area contributed by atoms with Gasteiger partial charge in [0.05, 0.1) is 10.5 Å². The number of nitrogen functional groups attached to an aromatic ring is 1. The van der Waals surface area contributed by atoms with Crippen LogP contribution in [0.1, 0.15) is 15.9 Å². The summed E-state index contributed by atoms with van der Waals surface area (Å²) in [7, 11) is 0. The Hall–Kier alpha value is -2.60. The predicted octanol–water partition coefficient (Wildman–Crippen LogP) is 2.76. The van der Waals surface area contributed by atoms with Crippen molar-refractivity contribution in [3.05, 3.63) is 68.7 Å². The summed E-state index contributed by atoms with van der Waals surface area (Å²) in [6.07, 6.45) is 0. The van der Waals surface area contributed by atoms with Crippen LogP contribution in [0.3, 0.4) is 0 Å². The zero-order valence-electron chi connectivity index (χ0n) is 10.9. The Balaban J connectivity index is 2.04. The first-order valence-corrected chi connectivity index (χ1v) is 6.42. The van der Waals surface area contributed by atoms with E-state index in [4.69, 9.17) is 17.3 Å². The van der Waals surface area contributed by atoms with Crippen molar-refractivity contribution in [3.63, 3.8) is 0 Å². The molecule has 3 N–H and O–H groups in total. The lowest BCUT2D eigenvalue weighted by atomic mass is 10.1. The number of amides is 1. The van der Waals surface area contributed by atoms with Gasteiger partial charge in [-0.3, -0.25) is 14.9 Å². The highest BCUT2D eigenvalue weighted by Gasteiger charge is 2.10. The van der Waals surface area contributed by atoms with E-state index in [1.54, 1.807) is 24.3 Å². The lowest BCUT2D eigenvalue weighted by molar-refractivity contribution is -0.384. The molecule has 6 nitrogen and oxygen atoms in total. The Morgan fingerprint density at radius 1 is 1.24 bits per heavy atom. The summed E-state index contributed by atoms with van der Waals surface area (Å²) >= 11 is 5.83. The van der Waals surface area contributed by atoms with E-state index in [1.807, 2.05) is 0 Å². The highest BCUT2D eigenvalue weighted by atomic mass is 35.5. The fourth-order valence-corrected chi connectivity index (χ4v) is 1.91. The summed E-state index contributed by atoms with van der Waals surface area (Å²) < 4.78 is 0. The van der Waals surface area contributed by atoms with E-state index in [0.29, 0.717) is 16.3 Å². The molecule has 2 rings (SSSR count). The van der Waals surface area contributed by atoms with Crippen LogP contribution in [-0.2, 0) is 6.54 Å². The van der Waals surface area contributed by atoms with Gasteiger partial charge in [0.1, 0.15) is 0 Å². The Morgan fingerprint density at radius 3 is 2.52 bits per heavy atom. The number of hydrogen-bond donors (Lipinski definition) is 2. The molecule has 0 bridgehead atoms. The molecule has 0 saturated heterocycles. The van der Waals surface area contributed by atoms with Gasteiger partial charge in [0.25, 0.3) is 11.6 Å². The number of carbonyl (C=O) groups is 1. The minimum atomic E-state index is -0.477. The zero-order chi connectivity index (χ0) is 15.4. The normalized spacial score (nSPS) is 10.1. The minimum absolute atomic E-state index is 0.00385. The highest BCUT2D eigenvalue weighted by Crippen LogP contribution is 2.18. The molecule has 0 aliphatic carbocycles. The number of nitro benzene ring substituents is 1. The highest BCUT2D eigenvalue weighted by molar-refractivity contribution is 6.31. The summed E-state index contributed by atoms with van der Waals surface area (Å²) in [4.78, 5) is 22.1. The van der Waals surface area contributed by atoms with E-state index in [1.165, 1.54) is 18.2 Å². The van der Waals surface area contributed by atoms with Gasteiger partial charge in [-0.1, -0.05) is 23.7 Å². The molecule has 0 unspecified atom stereocenters. The molecule has 1 amide bonds. The number of carbonyl (C=O) groups excluding carboxylic acids is 1. The summed E-state index contributed by atoms with van der Waals surface area (Å²) in [6, 6.07) is 10.6. The molecule has 108 valence electrons. The lowest BCUT2D eigenvalue weighted by Crippen LogP contribution is -2.23. The molecular formula is C14H12ClN3O3. The van der Waals surface area contributed by atoms with E-state index < -0.39 is 4.92 Å². The van der Waals surface area contributed by atoms with Gasteiger partial charge in [-0.05, 0) is 23.8 Å². The maximum atomic E-state index is 12.0. The largest absolute Gasteiger partial charge is 0.398 e.